The van der Waals surface area contributed by atoms with E-state index in [1.165, 1.54) is 0 Å². The van der Waals surface area contributed by atoms with Gasteiger partial charge in [0.15, 0.2) is 0 Å². The summed E-state index contributed by atoms with van der Waals surface area (Å²) in [6, 6.07) is 0.201. The third kappa shape index (κ3) is 3.94. The van der Waals surface area contributed by atoms with Gasteiger partial charge in [-0.3, -0.25) is 4.79 Å². The number of carbonyl (C=O) groups is 2. The fraction of sp³-hybridized carbons (Fsp3) is 0.765. The second kappa shape index (κ2) is 6.60. The van der Waals surface area contributed by atoms with Crippen LogP contribution in [-0.4, -0.2) is 52.6 Å². The Morgan fingerprint density at radius 1 is 1.18 bits per heavy atom. The summed E-state index contributed by atoms with van der Waals surface area (Å²) in [6.07, 6.45) is 8.74. The number of ether oxygens (including phenoxy) is 1. The largest absolute Gasteiger partial charge is 0.444 e. The number of rotatable bonds is 3. The summed E-state index contributed by atoms with van der Waals surface area (Å²) in [5, 5.41) is 0. The van der Waals surface area contributed by atoms with Crippen LogP contribution < -0.4 is 0 Å². The van der Waals surface area contributed by atoms with Crippen LogP contribution in [0, 0.1) is 12.3 Å². The normalized spacial score (nSPS) is 24.1. The number of hydrogen-bond donors (Lipinski definition) is 0. The summed E-state index contributed by atoms with van der Waals surface area (Å²) >= 11 is 0. The Labute approximate surface area is 133 Å². The van der Waals surface area contributed by atoms with Gasteiger partial charge in [-0.25, -0.2) is 4.79 Å². The van der Waals surface area contributed by atoms with Crippen LogP contribution in [0.25, 0.3) is 0 Å². The predicted molar refractivity (Wildman–Crippen MR) is 84.1 cm³/mol. The number of terminal acetylenes is 1. The minimum Gasteiger partial charge on any atom is -0.444 e. The topological polar surface area (TPSA) is 49.9 Å². The lowest BCUT2D eigenvalue weighted by atomic mass is 9.90. The van der Waals surface area contributed by atoms with Crippen molar-refractivity contribution in [2.45, 2.75) is 70.6 Å². The third-order valence-electron chi connectivity index (χ3n) is 4.19. The molecular formula is C17H26N2O3. The van der Waals surface area contributed by atoms with Crippen LogP contribution in [0.2, 0.25) is 0 Å². The first-order valence-electron chi connectivity index (χ1n) is 8.04. The molecule has 0 aromatic heterocycles. The summed E-state index contributed by atoms with van der Waals surface area (Å²) < 4.78 is 5.47. The van der Waals surface area contributed by atoms with Crippen molar-refractivity contribution in [3.8, 4) is 12.3 Å². The molecule has 5 heteroatoms. The molecule has 0 spiro atoms. The van der Waals surface area contributed by atoms with Gasteiger partial charge in [0.2, 0.25) is 5.91 Å². The van der Waals surface area contributed by atoms with Gasteiger partial charge in [-0.1, -0.05) is 0 Å². The second-order valence-electron chi connectivity index (χ2n) is 7.12. The van der Waals surface area contributed by atoms with Crippen molar-refractivity contribution in [2.24, 2.45) is 0 Å². The van der Waals surface area contributed by atoms with Gasteiger partial charge < -0.3 is 14.5 Å². The first-order valence-corrected chi connectivity index (χ1v) is 8.04. The van der Waals surface area contributed by atoms with E-state index in [4.69, 9.17) is 11.2 Å². The van der Waals surface area contributed by atoms with E-state index in [1.807, 2.05) is 25.7 Å². The van der Waals surface area contributed by atoms with Crippen LogP contribution in [-0.2, 0) is 9.53 Å². The Morgan fingerprint density at radius 3 is 2.27 bits per heavy atom. The maximum absolute atomic E-state index is 12.3. The van der Waals surface area contributed by atoms with Gasteiger partial charge >= 0.3 is 6.09 Å². The molecule has 0 aliphatic carbocycles. The highest BCUT2D eigenvalue weighted by Gasteiger charge is 2.43. The molecule has 3 fully saturated rings. The molecule has 0 aromatic rings. The quantitative estimate of drug-likeness (QED) is 0.594. The third-order valence-corrected chi connectivity index (χ3v) is 4.19. The molecule has 3 aliphatic rings. The van der Waals surface area contributed by atoms with Gasteiger partial charge in [0.1, 0.15) is 5.60 Å². The molecule has 2 atom stereocenters. The van der Waals surface area contributed by atoms with Crippen LogP contribution in [0.4, 0.5) is 4.79 Å². The molecule has 0 aromatic carbocycles. The molecule has 2 amide bonds. The average Bonchev–Trinajstić information content (AvgIpc) is 2.46. The van der Waals surface area contributed by atoms with Crippen LogP contribution >= 0.6 is 0 Å². The molecule has 2 bridgehead atoms. The zero-order chi connectivity index (χ0) is 16.3. The summed E-state index contributed by atoms with van der Waals surface area (Å²) in [5.41, 5.74) is -0.488. The fourth-order valence-corrected chi connectivity index (χ4v) is 3.16. The first-order chi connectivity index (χ1) is 10.3. The SMILES string of the molecule is C#CCCCC(=O)N1CC2CCC1CN2C(=O)OC(C)(C)C. The number of unbranched alkanes of at least 4 members (excludes halogenated alkanes) is 1. The summed E-state index contributed by atoms with van der Waals surface area (Å²) in [4.78, 5) is 28.3. The lowest BCUT2D eigenvalue weighted by Crippen LogP contribution is -2.65. The van der Waals surface area contributed by atoms with Gasteiger partial charge in [-0.15, -0.1) is 12.3 Å². The number of fused-ring (bicyclic) bond motifs is 3. The van der Waals surface area contributed by atoms with E-state index in [9.17, 15) is 9.59 Å². The highest BCUT2D eigenvalue weighted by molar-refractivity contribution is 5.77. The summed E-state index contributed by atoms with van der Waals surface area (Å²) in [6.45, 7) is 6.82. The van der Waals surface area contributed by atoms with E-state index in [1.54, 1.807) is 4.90 Å². The molecule has 22 heavy (non-hydrogen) atoms. The molecule has 3 rings (SSSR count). The molecule has 3 aliphatic heterocycles. The monoisotopic (exact) mass is 306 g/mol. The maximum atomic E-state index is 12.3. The maximum Gasteiger partial charge on any atom is 0.410 e. The Kier molecular flexibility index (Phi) is 5.00. The van der Waals surface area contributed by atoms with Gasteiger partial charge in [0.05, 0.1) is 6.04 Å². The lowest BCUT2D eigenvalue weighted by Gasteiger charge is -2.51. The Hall–Kier alpha value is -1.70. The van der Waals surface area contributed by atoms with E-state index in [0.717, 1.165) is 19.3 Å². The summed E-state index contributed by atoms with van der Waals surface area (Å²) in [7, 11) is 0. The molecule has 3 heterocycles. The minimum absolute atomic E-state index is 0.0800. The number of piperazine rings is 1. The Bertz CT molecular complexity index is 475. The van der Waals surface area contributed by atoms with Gasteiger partial charge in [-0.05, 0) is 40.0 Å². The standard InChI is InChI=1S/C17H26N2O3/c1-5-6-7-8-15(20)18-11-14-10-9-13(18)12-19(14)16(21)22-17(2,3)4/h1,13-14H,6-12H2,2-4H3. The number of hydrogen-bond acceptors (Lipinski definition) is 3. The van der Waals surface area contributed by atoms with Crippen molar-refractivity contribution in [3.63, 3.8) is 0 Å². The number of nitrogens with zero attached hydrogens (tertiary/aromatic N) is 2. The predicted octanol–water partition coefficient (Wildman–Crippen LogP) is 2.40. The van der Waals surface area contributed by atoms with E-state index in [-0.39, 0.29) is 24.1 Å². The number of piperidine rings is 2. The molecule has 5 nitrogen and oxygen atoms in total. The smallest absolute Gasteiger partial charge is 0.410 e. The van der Waals surface area contributed by atoms with Crippen molar-refractivity contribution < 1.29 is 14.3 Å². The van der Waals surface area contributed by atoms with Crippen LogP contribution in [0.3, 0.4) is 0 Å². The molecule has 0 N–H and O–H groups in total. The lowest BCUT2D eigenvalue weighted by molar-refractivity contribution is -0.141. The highest BCUT2D eigenvalue weighted by Crippen LogP contribution is 2.30. The van der Waals surface area contributed by atoms with Crippen molar-refractivity contribution in [1.29, 1.82) is 0 Å². The minimum atomic E-state index is -0.488. The molecule has 0 radical (unpaired) electrons. The zero-order valence-corrected chi connectivity index (χ0v) is 13.8. The Balaban J connectivity index is 1.93. The van der Waals surface area contributed by atoms with Crippen LogP contribution in [0.5, 0.6) is 0 Å². The Morgan fingerprint density at radius 2 is 1.77 bits per heavy atom. The van der Waals surface area contributed by atoms with Gasteiger partial charge in [0.25, 0.3) is 0 Å². The van der Waals surface area contributed by atoms with Gasteiger partial charge in [0, 0.05) is 32.0 Å². The average molecular weight is 306 g/mol. The molecular weight excluding hydrogens is 280 g/mol. The van der Waals surface area contributed by atoms with E-state index in [0.29, 0.717) is 25.9 Å². The van der Waals surface area contributed by atoms with Gasteiger partial charge in [-0.2, -0.15) is 0 Å². The molecule has 0 saturated carbocycles. The van der Waals surface area contributed by atoms with E-state index >= 15 is 0 Å². The molecule has 2 unspecified atom stereocenters. The van der Waals surface area contributed by atoms with Crippen molar-refractivity contribution in [3.05, 3.63) is 0 Å². The number of amides is 2. The van der Waals surface area contributed by atoms with Crippen LogP contribution in [0.1, 0.15) is 52.9 Å². The number of carbonyl (C=O) groups excluding carboxylic acids is 2. The summed E-state index contributed by atoms with van der Waals surface area (Å²) in [5.74, 6) is 2.72. The highest BCUT2D eigenvalue weighted by atomic mass is 16.6. The zero-order valence-electron chi connectivity index (χ0n) is 13.8. The van der Waals surface area contributed by atoms with Crippen molar-refractivity contribution in [1.82, 2.24) is 9.80 Å². The van der Waals surface area contributed by atoms with E-state index < -0.39 is 5.60 Å². The van der Waals surface area contributed by atoms with Crippen molar-refractivity contribution in [2.75, 3.05) is 13.1 Å². The molecule has 3 saturated heterocycles. The molecule has 122 valence electrons. The van der Waals surface area contributed by atoms with E-state index in [2.05, 4.69) is 5.92 Å². The van der Waals surface area contributed by atoms with Crippen LogP contribution in [0.15, 0.2) is 0 Å². The van der Waals surface area contributed by atoms with Crippen molar-refractivity contribution >= 4 is 12.0 Å². The first kappa shape index (κ1) is 16.7. The second-order valence-corrected chi connectivity index (χ2v) is 7.12. The fourth-order valence-electron chi connectivity index (χ4n) is 3.16.